The second-order valence-corrected chi connectivity index (χ2v) is 9.90. The zero-order valence-corrected chi connectivity index (χ0v) is 19.8. The molecule has 9 heteroatoms. The predicted octanol–water partition coefficient (Wildman–Crippen LogP) is 3.08. The van der Waals surface area contributed by atoms with Crippen LogP contribution < -0.4 is 16.2 Å². The van der Waals surface area contributed by atoms with Crippen molar-refractivity contribution < 1.29 is 13.5 Å². The molecule has 0 spiro atoms. The summed E-state index contributed by atoms with van der Waals surface area (Å²) in [6.07, 6.45) is 7.02. The van der Waals surface area contributed by atoms with Crippen molar-refractivity contribution in [2.45, 2.75) is 51.8 Å². The van der Waals surface area contributed by atoms with Crippen LogP contribution in [0.3, 0.4) is 0 Å². The van der Waals surface area contributed by atoms with E-state index in [1.54, 1.807) is 0 Å². The lowest BCUT2D eigenvalue weighted by molar-refractivity contribution is -0.0495. The number of aliphatic imine (C=N–C) groups is 1. The number of nitrogens with zero attached hydrogens (tertiary/aromatic N) is 4. The molecule has 2 aliphatic carbocycles. The summed E-state index contributed by atoms with van der Waals surface area (Å²) >= 11 is 0. The lowest BCUT2D eigenvalue weighted by Crippen LogP contribution is -2.37. The number of hydrogen-bond acceptors (Lipinski definition) is 7. The van der Waals surface area contributed by atoms with Gasteiger partial charge in [-0.25, -0.2) is 4.98 Å². The van der Waals surface area contributed by atoms with Gasteiger partial charge < -0.3 is 21.1 Å². The topological polar surface area (TPSA) is 93.0 Å². The van der Waals surface area contributed by atoms with E-state index in [4.69, 9.17) is 16.5 Å². The summed E-state index contributed by atoms with van der Waals surface area (Å²) in [5.41, 5.74) is 13.9. The smallest absolute Gasteiger partial charge is 0.387 e. The molecular weight excluding hydrogens is 426 g/mol. The standard InChI is InChI=1S/C24H36F2N6O/c1-14(2)30-20(12-19(27)15-9-21(33-24(25)26)23(28)29-13-15)22-17-10-16(11-18(17)22)32-6-4-5-31(3)7-8-32/h9,12-14,16-18,22,24H,4-8,10-11,27H2,1-3H3,(H2,28,29)/t16?,17-,18+,22?. The van der Waals surface area contributed by atoms with Gasteiger partial charge in [0, 0.05) is 54.3 Å². The second kappa shape index (κ2) is 9.93. The van der Waals surface area contributed by atoms with E-state index in [0.29, 0.717) is 35.1 Å². The molecule has 1 saturated heterocycles. The molecule has 0 aromatic carbocycles. The number of halogens is 2. The molecule has 2 unspecified atom stereocenters. The summed E-state index contributed by atoms with van der Waals surface area (Å²) in [7, 11) is 2.20. The normalized spacial score (nSPS) is 29.4. The molecule has 0 bridgehead atoms. The predicted molar refractivity (Wildman–Crippen MR) is 127 cm³/mol. The van der Waals surface area contributed by atoms with Gasteiger partial charge in [-0.15, -0.1) is 0 Å². The molecule has 182 valence electrons. The number of hydrogen-bond donors (Lipinski definition) is 2. The summed E-state index contributed by atoms with van der Waals surface area (Å²) in [6.45, 7) is 5.79. The average molecular weight is 463 g/mol. The number of allylic oxidation sites excluding steroid dienone is 1. The van der Waals surface area contributed by atoms with E-state index in [1.807, 2.05) is 6.08 Å². The average Bonchev–Trinajstić information content (AvgIpc) is 3.33. The van der Waals surface area contributed by atoms with Crippen molar-refractivity contribution in [1.29, 1.82) is 0 Å². The molecule has 33 heavy (non-hydrogen) atoms. The molecule has 4 rings (SSSR count). The fraction of sp³-hybridized carbons (Fsp3) is 0.667. The van der Waals surface area contributed by atoms with Gasteiger partial charge in [0.15, 0.2) is 11.6 Å². The van der Waals surface area contributed by atoms with Gasteiger partial charge in [-0.1, -0.05) is 0 Å². The Labute approximate surface area is 194 Å². The number of fused-ring (bicyclic) bond motifs is 1. The summed E-state index contributed by atoms with van der Waals surface area (Å²) in [6, 6.07) is 2.22. The Morgan fingerprint density at radius 1 is 1.21 bits per heavy atom. The number of likely N-dealkylation sites (N-methyl/N-ethyl adjacent to an activating group) is 1. The molecule has 7 nitrogen and oxygen atoms in total. The van der Waals surface area contributed by atoms with Crippen molar-refractivity contribution in [2.75, 3.05) is 39.0 Å². The first kappa shape index (κ1) is 23.9. The molecule has 0 amide bonds. The Bertz CT molecular complexity index is 893. The highest BCUT2D eigenvalue weighted by atomic mass is 19.3. The molecule has 3 aliphatic rings. The fourth-order valence-electron chi connectivity index (χ4n) is 5.54. The van der Waals surface area contributed by atoms with Gasteiger partial charge in [-0.05, 0) is 77.2 Å². The minimum absolute atomic E-state index is 0.0922. The number of alkyl halides is 2. The highest BCUT2D eigenvalue weighted by Gasteiger charge is 2.58. The highest BCUT2D eigenvalue weighted by molar-refractivity contribution is 6.04. The molecule has 4 atom stereocenters. The zero-order chi connectivity index (χ0) is 23.7. The Balaban J connectivity index is 1.46. The third-order valence-corrected chi connectivity index (χ3v) is 7.17. The van der Waals surface area contributed by atoms with E-state index < -0.39 is 6.61 Å². The molecular formula is C24H36F2N6O. The first-order valence-electron chi connectivity index (χ1n) is 11.9. The third-order valence-electron chi connectivity index (χ3n) is 7.17. The first-order chi connectivity index (χ1) is 15.7. The van der Waals surface area contributed by atoms with Crippen molar-refractivity contribution in [3.05, 3.63) is 23.9 Å². The molecule has 4 N–H and O–H groups in total. The van der Waals surface area contributed by atoms with Crippen LogP contribution >= 0.6 is 0 Å². The Morgan fingerprint density at radius 3 is 2.61 bits per heavy atom. The molecule has 2 saturated carbocycles. The van der Waals surface area contributed by atoms with Crippen LogP contribution in [0.1, 0.15) is 38.7 Å². The zero-order valence-electron chi connectivity index (χ0n) is 19.8. The van der Waals surface area contributed by atoms with Gasteiger partial charge in [-0.3, -0.25) is 9.89 Å². The minimum atomic E-state index is -2.98. The van der Waals surface area contributed by atoms with Crippen molar-refractivity contribution in [1.82, 2.24) is 14.8 Å². The van der Waals surface area contributed by atoms with Crippen LogP contribution in [0.2, 0.25) is 0 Å². The maximum Gasteiger partial charge on any atom is 0.387 e. The number of anilines is 1. The van der Waals surface area contributed by atoms with E-state index in [2.05, 4.69) is 40.4 Å². The number of nitrogen functional groups attached to an aromatic ring is 1. The van der Waals surface area contributed by atoms with Crippen LogP contribution in [0, 0.1) is 17.8 Å². The summed E-state index contributed by atoms with van der Waals surface area (Å²) < 4.78 is 29.8. The Kier molecular flexibility index (Phi) is 7.19. The number of nitrogens with two attached hydrogens (primary N) is 2. The number of ether oxygens (including phenoxy) is 1. The first-order valence-corrected chi connectivity index (χ1v) is 11.9. The van der Waals surface area contributed by atoms with Gasteiger partial charge in [0.05, 0.1) is 0 Å². The number of rotatable bonds is 7. The third kappa shape index (κ3) is 5.63. The molecule has 2 heterocycles. The van der Waals surface area contributed by atoms with E-state index in [1.165, 1.54) is 44.6 Å². The highest BCUT2D eigenvalue weighted by Crippen LogP contribution is 2.59. The van der Waals surface area contributed by atoms with Crippen molar-refractivity contribution in [3.8, 4) is 5.75 Å². The van der Waals surface area contributed by atoms with Crippen LogP contribution in [0.15, 0.2) is 23.3 Å². The van der Waals surface area contributed by atoms with Crippen molar-refractivity contribution in [3.63, 3.8) is 0 Å². The minimum Gasteiger partial charge on any atom is -0.431 e. The SMILES string of the molecule is CC(C)N=C(C=C(N)c1cnc(N)c(OC(F)F)c1)C1[C@H]2CC(N3CCCN(C)CC3)C[C@@H]12. The number of pyridine rings is 1. The van der Waals surface area contributed by atoms with E-state index in [9.17, 15) is 8.78 Å². The second-order valence-electron chi connectivity index (χ2n) is 9.90. The summed E-state index contributed by atoms with van der Waals surface area (Å²) in [5.74, 6) is 1.43. The molecule has 1 aliphatic heterocycles. The van der Waals surface area contributed by atoms with Crippen molar-refractivity contribution >= 4 is 17.2 Å². The quantitative estimate of drug-likeness (QED) is 0.605. The lowest BCUT2D eigenvalue weighted by Gasteiger charge is -2.29. The lowest BCUT2D eigenvalue weighted by atomic mass is 10.0. The fourth-order valence-corrected chi connectivity index (χ4v) is 5.54. The van der Waals surface area contributed by atoms with Crippen LogP contribution in [0.25, 0.3) is 5.70 Å². The largest absolute Gasteiger partial charge is 0.431 e. The molecule has 1 aromatic rings. The van der Waals surface area contributed by atoms with E-state index in [0.717, 1.165) is 18.8 Å². The van der Waals surface area contributed by atoms with E-state index in [-0.39, 0.29) is 17.6 Å². The molecule has 1 aromatic heterocycles. The molecule has 0 radical (unpaired) electrons. The van der Waals surface area contributed by atoms with Gasteiger partial charge in [-0.2, -0.15) is 8.78 Å². The van der Waals surface area contributed by atoms with Crippen LogP contribution in [0.4, 0.5) is 14.6 Å². The van der Waals surface area contributed by atoms with Gasteiger partial charge >= 0.3 is 6.61 Å². The maximum atomic E-state index is 12.7. The summed E-state index contributed by atoms with van der Waals surface area (Å²) in [5, 5.41) is 0. The summed E-state index contributed by atoms with van der Waals surface area (Å²) in [4.78, 5) is 13.9. The van der Waals surface area contributed by atoms with Crippen LogP contribution in [-0.2, 0) is 0 Å². The van der Waals surface area contributed by atoms with Crippen molar-refractivity contribution in [2.24, 2.45) is 28.5 Å². The maximum absolute atomic E-state index is 12.7. The van der Waals surface area contributed by atoms with E-state index >= 15 is 0 Å². The van der Waals surface area contributed by atoms with Gasteiger partial charge in [0.1, 0.15) is 0 Å². The molecule has 3 fully saturated rings. The van der Waals surface area contributed by atoms with Crippen LogP contribution in [0.5, 0.6) is 5.75 Å². The Morgan fingerprint density at radius 2 is 1.94 bits per heavy atom. The monoisotopic (exact) mass is 462 g/mol. The Hall–Kier alpha value is -2.26. The van der Waals surface area contributed by atoms with Gasteiger partial charge in [0.25, 0.3) is 0 Å². The number of aromatic nitrogens is 1. The van der Waals surface area contributed by atoms with Crippen LogP contribution in [-0.4, -0.2) is 72.4 Å². The van der Waals surface area contributed by atoms with Gasteiger partial charge in [0.2, 0.25) is 0 Å².